The highest BCUT2D eigenvalue weighted by Crippen LogP contribution is 2.34. The van der Waals surface area contributed by atoms with Crippen LogP contribution in [0, 0.1) is 11.7 Å². The lowest BCUT2D eigenvalue weighted by atomic mass is 9.99. The lowest BCUT2D eigenvalue weighted by molar-refractivity contribution is -0.121. The van der Waals surface area contributed by atoms with Gasteiger partial charge in [-0.1, -0.05) is 38.0 Å². The number of aryl methyl sites for hydroxylation is 2. The third-order valence-electron chi connectivity index (χ3n) is 7.27. The van der Waals surface area contributed by atoms with Gasteiger partial charge in [0.1, 0.15) is 10.6 Å². The van der Waals surface area contributed by atoms with Gasteiger partial charge in [-0.2, -0.15) is 0 Å². The molecule has 0 unspecified atom stereocenters. The predicted molar refractivity (Wildman–Crippen MR) is 136 cm³/mol. The first-order chi connectivity index (χ1) is 16.5. The van der Waals surface area contributed by atoms with Crippen molar-refractivity contribution < 1.29 is 17.6 Å². The summed E-state index contributed by atoms with van der Waals surface area (Å²) in [5.41, 5.74) is 2.16. The minimum atomic E-state index is -3.67. The standard InChI is InChI=1S/C27H31FN2O4S/c1-4-25(31)27(2,35(3,33)34)13-14-30-17-29-24-16-20(10-12-22(24)26(30)32)21-11-9-19(15-23(21)28)8-7-18-5-6-18/h9-12,15-18H,4-8,13-14H2,1-3H3/t27-/m1/s1. The largest absolute Gasteiger partial charge is 0.299 e. The van der Waals surface area contributed by atoms with Crippen LogP contribution in [0.1, 0.15) is 51.5 Å². The molecule has 0 aliphatic heterocycles. The zero-order valence-corrected chi connectivity index (χ0v) is 21.2. The van der Waals surface area contributed by atoms with Crippen LogP contribution in [0.2, 0.25) is 0 Å². The van der Waals surface area contributed by atoms with Gasteiger partial charge in [0, 0.05) is 24.8 Å². The summed E-state index contributed by atoms with van der Waals surface area (Å²) in [5, 5.41) is 0.348. The Bertz CT molecular complexity index is 1440. The van der Waals surface area contributed by atoms with Crippen molar-refractivity contribution in [2.45, 2.75) is 63.7 Å². The monoisotopic (exact) mass is 498 g/mol. The molecule has 2 aromatic carbocycles. The number of hydrogen-bond acceptors (Lipinski definition) is 5. The Kier molecular flexibility index (Phi) is 6.95. The number of fused-ring (bicyclic) bond motifs is 1. The van der Waals surface area contributed by atoms with Crippen LogP contribution in [-0.4, -0.2) is 34.8 Å². The van der Waals surface area contributed by atoms with E-state index in [0.717, 1.165) is 30.6 Å². The van der Waals surface area contributed by atoms with Crippen molar-refractivity contribution in [1.82, 2.24) is 9.55 Å². The molecular weight excluding hydrogens is 467 g/mol. The number of benzene rings is 2. The van der Waals surface area contributed by atoms with Crippen LogP contribution in [0.4, 0.5) is 4.39 Å². The summed E-state index contributed by atoms with van der Waals surface area (Å²) < 4.78 is 39.2. The van der Waals surface area contributed by atoms with Crippen LogP contribution >= 0.6 is 0 Å². The summed E-state index contributed by atoms with van der Waals surface area (Å²) >= 11 is 0. The molecule has 1 fully saturated rings. The average Bonchev–Trinajstić information content (AvgIpc) is 3.65. The van der Waals surface area contributed by atoms with Gasteiger partial charge >= 0.3 is 0 Å². The van der Waals surface area contributed by atoms with Crippen LogP contribution in [0.15, 0.2) is 47.5 Å². The fourth-order valence-corrected chi connectivity index (χ4v) is 5.47. The smallest absolute Gasteiger partial charge is 0.261 e. The average molecular weight is 499 g/mol. The maximum absolute atomic E-state index is 14.9. The molecule has 1 aliphatic carbocycles. The van der Waals surface area contributed by atoms with Crippen molar-refractivity contribution in [3.8, 4) is 11.1 Å². The molecule has 0 spiro atoms. The molecule has 6 nitrogen and oxygen atoms in total. The van der Waals surface area contributed by atoms with E-state index >= 15 is 0 Å². The first kappa shape index (κ1) is 25.2. The van der Waals surface area contributed by atoms with Crippen molar-refractivity contribution in [2.24, 2.45) is 5.92 Å². The number of ketones is 1. The van der Waals surface area contributed by atoms with Gasteiger partial charge in [-0.15, -0.1) is 0 Å². The molecule has 0 N–H and O–H groups in total. The zero-order chi connectivity index (χ0) is 25.4. The van der Waals surface area contributed by atoms with Gasteiger partial charge in [-0.25, -0.2) is 17.8 Å². The first-order valence-corrected chi connectivity index (χ1v) is 13.9. The highest BCUT2D eigenvalue weighted by atomic mass is 32.2. The third kappa shape index (κ3) is 5.22. The van der Waals surface area contributed by atoms with Gasteiger partial charge in [0.25, 0.3) is 5.56 Å². The lowest BCUT2D eigenvalue weighted by Gasteiger charge is -2.26. The van der Waals surface area contributed by atoms with Gasteiger partial charge in [0.2, 0.25) is 0 Å². The quantitative estimate of drug-likeness (QED) is 0.404. The van der Waals surface area contributed by atoms with E-state index in [9.17, 15) is 22.4 Å². The molecule has 0 radical (unpaired) electrons. The number of halogens is 1. The fourth-order valence-electron chi connectivity index (χ4n) is 4.45. The highest BCUT2D eigenvalue weighted by molar-refractivity contribution is 7.92. The van der Waals surface area contributed by atoms with Gasteiger partial charge in [-0.05, 0) is 61.4 Å². The van der Waals surface area contributed by atoms with E-state index in [1.165, 1.54) is 30.7 Å². The summed E-state index contributed by atoms with van der Waals surface area (Å²) in [6, 6.07) is 10.3. The molecule has 0 saturated heterocycles. The molecule has 0 bridgehead atoms. The van der Waals surface area contributed by atoms with Crippen LogP contribution in [0.5, 0.6) is 0 Å². The second-order valence-corrected chi connectivity index (χ2v) is 12.2. The summed E-state index contributed by atoms with van der Waals surface area (Å²) in [6.07, 6.45) is 6.99. The molecule has 1 atom stereocenters. The zero-order valence-electron chi connectivity index (χ0n) is 20.4. The Morgan fingerprint density at radius 3 is 2.57 bits per heavy atom. The van der Waals surface area contributed by atoms with Gasteiger partial charge < -0.3 is 0 Å². The van der Waals surface area contributed by atoms with E-state index in [2.05, 4.69) is 4.98 Å². The fraction of sp³-hybridized carbons (Fsp3) is 0.444. The molecule has 0 amide bonds. The first-order valence-electron chi connectivity index (χ1n) is 12.0. The molecule has 186 valence electrons. The molecule has 35 heavy (non-hydrogen) atoms. The molecule has 1 aromatic heterocycles. The van der Waals surface area contributed by atoms with Crippen molar-refractivity contribution in [2.75, 3.05) is 6.26 Å². The summed E-state index contributed by atoms with van der Waals surface area (Å²) in [7, 11) is -3.67. The number of hydrogen-bond donors (Lipinski definition) is 0. The Labute approximate surface area is 205 Å². The lowest BCUT2D eigenvalue weighted by Crippen LogP contribution is -2.44. The maximum Gasteiger partial charge on any atom is 0.261 e. The van der Waals surface area contributed by atoms with E-state index in [1.54, 1.807) is 37.3 Å². The van der Waals surface area contributed by atoms with Crippen molar-refractivity contribution in [1.29, 1.82) is 0 Å². The van der Waals surface area contributed by atoms with E-state index in [0.29, 0.717) is 22.0 Å². The van der Waals surface area contributed by atoms with Crippen molar-refractivity contribution >= 4 is 26.5 Å². The van der Waals surface area contributed by atoms with Crippen LogP contribution in [-0.2, 0) is 27.6 Å². The van der Waals surface area contributed by atoms with Crippen LogP contribution in [0.3, 0.4) is 0 Å². The van der Waals surface area contributed by atoms with Crippen molar-refractivity contribution in [3.63, 3.8) is 0 Å². The van der Waals surface area contributed by atoms with Crippen LogP contribution in [0.25, 0.3) is 22.0 Å². The molecule has 3 aromatic rings. The van der Waals surface area contributed by atoms with E-state index in [1.807, 2.05) is 6.07 Å². The number of sulfone groups is 1. The number of rotatable bonds is 10. The minimum absolute atomic E-state index is 0.0258. The second-order valence-electron chi connectivity index (χ2n) is 9.80. The number of carbonyl (C=O) groups is 1. The third-order valence-corrected chi connectivity index (χ3v) is 9.34. The number of carbonyl (C=O) groups excluding carboxylic acids is 1. The normalized spacial score (nSPS) is 15.8. The molecule has 4 rings (SSSR count). The minimum Gasteiger partial charge on any atom is -0.299 e. The summed E-state index contributed by atoms with van der Waals surface area (Å²) in [5.74, 6) is 0.110. The van der Waals surface area contributed by atoms with E-state index in [4.69, 9.17) is 0 Å². The number of aromatic nitrogens is 2. The topological polar surface area (TPSA) is 86.1 Å². The Morgan fingerprint density at radius 2 is 1.94 bits per heavy atom. The molecule has 8 heteroatoms. The van der Waals surface area contributed by atoms with E-state index in [-0.39, 0.29) is 36.5 Å². The molecule has 1 heterocycles. The SMILES string of the molecule is CCC(=O)[C@@](C)(CCn1cnc2cc(-c3ccc(CCC4CC4)cc3F)ccc2c1=O)S(C)(=O)=O. The number of Topliss-reactive ketones (excluding diaryl/α,β-unsaturated/α-hetero) is 1. The molecule has 1 aliphatic rings. The predicted octanol–water partition coefficient (Wildman–Crippen LogP) is 4.72. The van der Waals surface area contributed by atoms with Crippen LogP contribution < -0.4 is 5.56 Å². The van der Waals surface area contributed by atoms with Gasteiger partial charge in [-0.3, -0.25) is 14.2 Å². The van der Waals surface area contributed by atoms with Gasteiger partial charge in [0.05, 0.1) is 17.2 Å². The molecular formula is C27H31FN2O4S. The Morgan fingerprint density at radius 1 is 1.20 bits per heavy atom. The molecule has 1 saturated carbocycles. The Hall–Kier alpha value is -2.87. The summed E-state index contributed by atoms with van der Waals surface area (Å²) in [6.45, 7) is 3.07. The van der Waals surface area contributed by atoms with E-state index < -0.39 is 14.6 Å². The summed E-state index contributed by atoms with van der Waals surface area (Å²) in [4.78, 5) is 29.8. The number of nitrogens with zero attached hydrogens (tertiary/aromatic N) is 2. The Balaban J connectivity index is 1.58. The van der Waals surface area contributed by atoms with Crippen molar-refractivity contribution in [3.05, 3.63) is 64.5 Å². The maximum atomic E-state index is 14.9. The van der Waals surface area contributed by atoms with Gasteiger partial charge in [0.15, 0.2) is 15.6 Å². The highest BCUT2D eigenvalue weighted by Gasteiger charge is 2.41. The second kappa shape index (κ2) is 9.64.